The number of amidine groups is 1. The second kappa shape index (κ2) is 11.2. The van der Waals surface area contributed by atoms with E-state index in [-0.39, 0.29) is 5.91 Å². The Kier molecular flexibility index (Phi) is 8.67. The highest BCUT2D eigenvalue weighted by Gasteiger charge is 2.33. The topological polar surface area (TPSA) is 51.1 Å². The number of hydrogen-bond donors (Lipinski definition) is 0. The lowest BCUT2D eigenvalue weighted by Crippen LogP contribution is -2.32. The van der Waals surface area contributed by atoms with E-state index in [0.717, 1.165) is 14.8 Å². The lowest BCUT2D eigenvalue weighted by molar-refractivity contribution is -0.122. The predicted octanol–water partition coefficient (Wildman–Crippen LogP) is 6.78. The van der Waals surface area contributed by atoms with Crippen LogP contribution in [0.5, 0.6) is 11.5 Å². The summed E-state index contributed by atoms with van der Waals surface area (Å²) in [7, 11) is 1.60. The molecule has 3 rings (SSSR count). The number of rotatable bonds is 8. The summed E-state index contributed by atoms with van der Waals surface area (Å²) in [6.45, 7) is 8.81. The fourth-order valence-electron chi connectivity index (χ4n) is 3.00. The van der Waals surface area contributed by atoms with Gasteiger partial charge in [0.2, 0.25) is 0 Å². The summed E-state index contributed by atoms with van der Waals surface area (Å²) >= 11 is 9.56. The van der Waals surface area contributed by atoms with Crippen LogP contribution in [0.2, 0.25) is 5.02 Å². The van der Waals surface area contributed by atoms with Crippen LogP contribution in [0.15, 0.2) is 59.0 Å². The Morgan fingerprint density at radius 1 is 1.28 bits per heavy atom. The van der Waals surface area contributed by atoms with Gasteiger partial charge in [0, 0.05) is 11.6 Å². The summed E-state index contributed by atoms with van der Waals surface area (Å²) < 4.78 is 12.1. The first-order valence-corrected chi connectivity index (χ1v) is 12.3. The third-order valence-electron chi connectivity index (χ3n) is 4.38. The minimum Gasteiger partial charge on any atom is -0.493 e. The van der Waals surface area contributed by atoms with E-state index in [1.54, 1.807) is 30.2 Å². The number of carbonyl (C=O) groups is 1. The molecule has 2 aromatic rings. The first kappa shape index (κ1) is 24.7. The average molecular weight is 583 g/mol. The number of thioether (sulfide) groups is 1. The van der Waals surface area contributed by atoms with Gasteiger partial charge in [-0.05, 0) is 88.3 Å². The second-order valence-electron chi connectivity index (χ2n) is 7.42. The molecule has 0 unspecified atom stereocenters. The third kappa shape index (κ3) is 6.08. The maximum atomic E-state index is 13.2. The van der Waals surface area contributed by atoms with Crippen LogP contribution in [-0.2, 0) is 4.79 Å². The van der Waals surface area contributed by atoms with Gasteiger partial charge in [-0.15, -0.1) is 0 Å². The van der Waals surface area contributed by atoms with Crippen molar-refractivity contribution in [1.29, 1.82) is 0 Å². The number of aliphatic imine (C=N–C) groups is 1. The summed E-state index contributed by atoms with van der Waals surface area (Å²) in [6.07, 6.45) is 3.55. The zero-order valence-corrected chi connectivity index (χ0v) is 21.8. The Morgan fingerprint density at radius 2 is 2.00 bits per heavy atom. The standard InChI is InChI=1S/C24H24ClIN2O3S/c1-5-10-31-22-19(26)11-16(12-20(22)30-4)13-21-23(29)28(14-15(2)3)24(32-21)27-18-8-6-17(25)7-9-18/h5-9,11-13,15H,1,10,14H2,2-4H3/b21-13-,27-24?. The number of benzene rings is 2. The van der Waals surface area contributed by atoms with Gasteiger partial charge < -0.3 is 9.47 Å². The molecule has 1 aliphatic heterocycles. The number of hydrogen-bond acceptors (Lipinski definition) is 5. The number of halogens is 2. The molecule has 2 aromatic carbocycles. The summed E-state index contributed by atoms with van der Waals surface area (Å²) in [5.74, 6) is 1.51. The van der Waals surface area contributed by atoms with E-state index >= 15 is 0 Å². The smallest absolute Gasteiger partial charge is 0.266 e. The molecule has 0 spiro atoms. The second-order valence-corrected chi connectivity index (χ2v) is 10.0. The minimum absolute atomic E-state index is 0.0580. The molecule has 1 fully saturated rings. The maximum Gasteiger partial charge on any atom is 0.266 e. The molecule has 1 saturated heterocycles. The Morgan fingerprint density at radius 3 is 2.62 bits per heavy atom. The molecule has 5 nitrogen and oxygen atoms in total. The fraction of sp³-hybridized carbons (Fsp3) is 0.250. The van der Waals surface area contributed by atoms with Crippen LogP contribution in [0.1, 0.15) is 19.4 Å². The van der Waals surface area contributed by atoms with Gasteiger partial charge in [-0.25, -0.2) is 4.99 Å². The van der Waals surface area contributed by atoms with Crippen LogP contribution in [0.25, 0.3) is 6.08 Å². The lowest BCUT2D eigenvalue weighted by atomic mass is 10.1. The lowest BCUT2D eigenvalue weighted by Gasteiger charge is -2.17. The molecule has 0 N–H and O–H groups in total. The monoisotopic (exact) mass is 582 g/mol. The van der Waals surface area contributed by atoms with E-state index in [4.69, 9.17) is 26.1 Å². The highest BCUT2D eigenvalue weighted by molar-refractivity contribution is 14.1. The predicted molar refractivity (Wildman–Crippen MR) is 142 cm³/mol. The van der Waals surface area contributed by atoms with Gasteiger partial charge >= 0.3 is 0 Å². The quantitative estimate of drug-likeness (QED) is 0.196. The molecule has 168 valence electrons. The highest BCUT2D eigenvalue weighted by Crippen LogP contribution is 2.38. The third-order valence-corrected chi connectivity index (χ3v) is 6.44. The Balaban J connectivity index is 1.96. The Hall–Kier alpha value is -1.97. The Labute approximate surface area is 211 Å². The number of carbonyl (C=O) groups excluding carboxylic acids is 1. The van der Waals surface area contributed by atoms with Crippen molar-refractivity contribution in [2.45, 2.75) is 13.8 Å². The van der Waals surface area contributed by atoms with E-state index in [1.807, 2.05) is 30.3 Å². The minimum atomic E-state index is -0.0580. The SMILES string of the molecule is C=CCOc1c(I)cc(/C=C2\SC(=Nc3ccc(Cl)cc3)N(CC(C)C)C2=O)cc1OC. The van der Waals surface area contributed by atoms with Crippen molar-refractivity contribution in [1.82, 2.24) is 4.90 Å². The molecule has 1 aliphatic rings. The number of amides is 1. The molecule has 0 aromatic heterocycles. The summed E-state index contributed by atoms with van der Waals surface area (Å²) in [5, 5.41) is 1.30. The largest absolute Gasteiger partial charge is 0.493 e. The molecule has 0 radical (unpaired) electrons. The van der Waals surface area contributed by atoms with Gasteiger partial charge in [0.05, 0.1) is 21.3 Å². The van der Waals surface area contributed by atoms with Crippen LogP contribution in [0.3, 0.4) is 0 Å². The van der Waals surface area contributed by atoms with E-state index in [2.05, 4.69) is 43.0 Å². The van der Waals surface area contributed by atoms with Gasteiger partial charge in [-0.1, -0.05) is 38.1 Å². The van der Waals surface area contributed by atoms with Crippen molar-refractivity contribution in [3.05, 3.63) is 68.1 Å². The first-order chi connectivity index (χ1) is 15.3. The molecule has 0 saturated carbocycles. The van der Waals surface area contributed by atoms with Crippen LogP contribution in [0, 0.1) is 9.49 Å². The normalized spacial score (nSPS) is 16.3. The summed E-state index contributed by atoms with van der Waals surface area (Å²) in [5.41, 5.74) is 1.60. The van der Waals surface area contributed by atoms with E-state index < -0.39 is 0 Å². The zero-order valence-electron chi connectivity index (χ0n) is 18.1. The number of methoxy groups -OCH3 is 1. The van der Waals surface area contributed by atoms with Crippen molar-refractivity contribution >= 4 is 68.8 Å². The van der Waals surface area contributed by atoms with Crippen LogP contribution >= 0.6 is 46.0 Å². The highest BCUT2D eigenvalue weighted by atomic mass is 127. The Bertz CT molecular complexity index is 1070. The van der Waals surface area contributed by atoms with Crippen molar-refractivity contribution in [2.24, 2.45) is 10.9 Å². The first-order valence-electron chi connectivity index (χ1n) is 9.99. The molecule has 0 aliphatic carbocycles. The van der Waals surface area contributed by atoms with E-state index in [1.165, 1.54) is 11.8 Å². The van der Waals surface area contributed by atoms with Gasteiger partial charge in [0.15, 0.2) is 16.7 Å². The molecular formula is C24H24ClIN2O3S. The molecule has 1 amide bonds. The molecule has 0 atom stereocenters. The van der Waals surface area contributed by atoms with Gasteiger partial charge in [-0.3, -0.25) is 9.69 Å². The molecule has 1 heterocycles. The van der Waals surface area contributed by atoms with Crippen molar-refractivity contribution in [3.8, 4) is 11.5 Å². The number of ether oxygens (including phenoxy) is 2. The van der Waals surface area contributed by atoms with E-state index in [9.17, 15) is 4.79 Å². The fourth-order valence-corrected chi connectivity index (χ4v) is 4.92. The zero-order chi connectivity index (χ0) is 23.3. The maximum absolute atomic E-state index is 13.2. The molecule has 32 heavy (non-hydrogen) atoms. The van der Waals surface area contributed by atoms with Crippen molar-refractivity contribution < 1.29 is 14.3 Å². The van der Waals surface area contributed by atoms with Gasteiger partial charge in [-0.2, -0.15) is 0 Å². The average Bonchev–Trinajstić information content (AvgIpc) is 3.02. The number of nitrogens with zero attached hydrogens (tertiary/aromatic N) is 2. The van der Waals surface area contributed by atoms with Crippen molar-refractivity contribution in [2.75, 3.05) is 20.3 Å². The molecule has 0 bridgehead atoms. The van der Waals surface area contributed by atoms with Crippen LogP contribution in [0.4, 0.5) is 5.69 Å². The van der Waals surface area contributed by atoms with Crippen molar-refractivity contribution in [3.63, 3.8) is 0 Å². The van der Waals surface area contributed by atoms with Crippen LogP contribution < -0.4 is 9.47 Å². The van der Waals surface area contributed by atoms with E-state index in [0.29, 0.717) is 45.7 Å². The van der Waals surface area contributed by atoms with Gasteiger partial charge in [0.1, 0.15) is 6.61 Å². The molecular weight excluding hydrogens is 559 g/mol. The summed E-state index contributed by atoms with van der Waals surface area (Å²) in [4.78, 5) is 20.3. The van der Waals surface area contributed by atoms with Gasteiger partial charge in [0.25, 0.3) is 5.91 Å². The summed E-state index contributed by atoms with van der Waals surface area (Å²) in [6, 6.07) is 11.1. The van der Waals surface area contributed by atoms with Crippen LogP contribution in [-0.4, -0.2) is 36.2 Å². The molecule has 8 heteroatoms.